The van der Waals surface area contributed by atoms with Crippen LogP contribution in [0.2, 0.25) is 0 Å². The molecular weight excluding hydrogens is 444 g/mol. The van der Waals surface area contributed by atoms with Crippen molar-refractivity contribution in [1.82, 2.24) is 10.2 Å². The van der Waals surface area contributed by atoms with Crippen molar-refractivity contribution in [3.63, 3.8) is 0 Å². The van der Waals surface area contributed by atoms with E-state index in [1.54, 1.807) is 0 Å². The van der Waals surface area contributed by atoms with Gasteiger partial charge in [-0.3, -0.25) is 9.59 Å². The summed E-state index contributed by atoms with van der Waals surface area (Å²) in [6.07, 6.45) is 3.95. The summed E-state index contributed by atoms with van der Waals surface area (Å²) >= 11 is 0. The van der Waals surface area contributed by atoms with Crippen LogP contribution in [0.1, 0.15) is 68.9 Å². The molecule has 0 aromatic heterocycles. The first-order valence-electron chi connectivity index (χ1n) is 12.6. The van der Waals surface area contributed by atoms with Crippen LogP contribution in [-0.4, -0.2) is 53.2 Å². The van der Waals surface area contributed by atoms with Crippen molar-refractivity contribution < 1.29 is 24.2 Å². The molecule has 7 nitrogen and oxygen atoms in total. The average Bonchev–Trinajstić information content (AvgIpc) is 3.19. The van der Waals surface area contributed by atoms with Crippen LogP contribution in [-0.2, 0) is 14.3 Å². The number of rotatable bonds is 9. The van der Waals surface area contributed by atoms with Crippen molar-refractivity contribution in [2.75, 3.05) is 13.2 Å². The number of nitrogens with zero attached hydrogens (tertiary/aromatic N) is 1. The van der Waals surface area contributed by atoms with Gasteiger partial charge in [0.2, 0.25) is 5.91 Å². The van der Waals surface area contributed by atoms with E-state index in [1.807, 2.05) is 41.3 Å². The van der Waals surface area contributed by atoms with E-state index in [-0.39, 0.29) is 37.3 Å². The number of piperidine rings is 1. The monoisotopic (exact) mass is 478 g/mol. The van der Waals surface area contributed by atoms with Crippen LogP contribution < -0.4 is 5.32 Å². The van der Waals surface area contributed by atoms with Crippen LogP contribution in [0.3, 0.4) is 0 Å². The summed E-state index contributed by atoms with van der Waals surface area (Å²) in [5.74, 6) is -1.30. The van der Waals surface area contributed by atoms with Crippen LogP contribution >= 0.6 is 0 Å². The molecule has 0 spiro atoms. The first-order chi connectivity index (χ1) is 17.0. The third-order valence-electron chi connectivity index (χ3n) is 7.11. The van der Waals surface area contributed by atoms with E-state index in [4.69, 9.17) is 4.74 Å². The van der Waals surface area contributed by atoms with Gasteiger partial charge in [-0.25, -0.2) is 4.79 Å². The Bertz CT molecular complexity index is 1020. The van der Waals surface area contributed by atoms with Crippen molar-refractivity contribution in [2.24, 2.45) is 0 Å². The summed E-state index contributed by atoms with van der Waals surface area (Å²) in [5, 5.41) is 11.9. The molecule has 2 aromatic carbocycles. The van der Waals surface area contributed by atoms with E-state index in [0.717, 1.165) is 54.4 Å². The number of carboxylic acid groups (broad SMARTS) is 1. The summed E-state index contributed by atoms with van der Waals surface area (Å²) in [4.78, 5) is 39.3. The average molecular weight is 479 g/mol. The van der Waals surface area contributed by atoms with Gasteiger partial charge in [0.1, 0.15) is 12.6 Å². The van der Waals surface area contributed by atoms with E-state index in [1.165, 1.54) is 0 Å². The van der Waals surface area contributed by atoms with E-state index < -0.39 is 18.1 Å². The molecule has 0 radical (unpaired) electrons. The Labute approximate surface area is 206 Å². The van der Waals surface area contributed by atoms with Crippen molar-refractivity contribution in [1.29, 1.82) is 0 Å². The number of fused-ring (bicyclic) bond motifs is 3. The first-order valence-corrected chi connectivity index (χ1v) is 12.6. The fourth-order valence-corrected chi connectivity index (χ4v) is 5.43. The summed E-state index contributed by atoms with van der Waals surface area (Å²) in [7, 11) is 0. The maximum Gasteiger partial charge on any atom is 0.407 e. The molecule has 1 aliphatic carbocycles. The Kier molecular flexibility index (Phi) is 8.06. The van der Waals surface area contributed by atoms with Gasteiger partial charge < -0.3 is 20.1 Å². The lowest BCUT2D eigenvalue weighted by Crippen LogP contribution is -2.53. The van der Waals surface area contributed by atoms with Crippen LogP contribution in [0.25, 0.3) is 11.1 Å². The number of carbonyl (C=O) groups is 3. The van der Waals surface area contributed by atoms with Gasteiger partial charge >= 0.3 is 12.1 Å². The Morgan fingerprint density at radius 1 is 1.06 bits per heavy atom. The van der Waals surface area contributed by atoms with Crippen molar-refractivity contribution >= 4 is 18.0 Å². The number of hydrogen-bond donors (Lipinski definition) is 2. The zero-order valence-electron chi connectivity index (χ0n) is 20.2. The van der Waals surface area contributed by atoms with Gasteiger partial charge in [0, 0.05) is 24.9 Å². The van der Waals surface area contributed by atoms with E-state index in [9.17, 15) is 19.5 Å². The third kappa shape index (κ3) is 5.66. The number of benzene rings is 2. The number of alkyl carbamates (subject to hydrolysis) is 1. The Morgan fingerprint density at radius 3 is 2.34 bits per heavy atom. The largest absolute Gasteiger partial charge is 0.481 e. The number of carboxylic acids is 1. The second-order valence-corrected chi connectivity index (χ2v) is 9.42. The van der Waals surface area contributed by atoms with Crippen LogP contribution in [0.4, 0.5) is 4.79 Å². The number of likely N-dealkylation sites (tertiary alicyclic amines) is 1. The molecule has 35 heavy (non-hydrogen) atoms. The summed E-state index contributed by atoms with van der Waals surface area (Å²) in [6.45, 7) is 2.87. The van der Waals surface area contributed by atoms with Crippen LogP contribution in [0, 0.1) is 0 Å². The van der Waals surface area contributed by atoms with Gasteiger partial charge in [0.15, 0.2) is 0 Å². The van der Waals surface area contributed by atoms with Crippen molar-refractivity contribution in [3.05, 3.63) is 59.7 Å². The first kappa shape index (κ1) is 24.8. The standard InChI is InChI=1S/C28H34N2O5/c1-2-9-19-10-7-8-17-30(19)27(33)25(15-16-26(31)32)29-28(34)35-18-24-22-13-5-3-11-20(22)21-12-4-6-14-23(21)24/h3-6,11-14,19,24-25H,2,7-10,15-18H2,1H3,(H,29,34)(H,31,32). The summed E-state index contributed by atoms with van der Waals surface area (Å²) in [6, 6.07) is 15.4. The van der Waals surface area contributed by atoms with Gasteiger partial charge in [-0.05, 0) is 54.4 Å². The number of aliphatic carboxylic acids is 1. The van der Waals surface area contributed by atoms with Gasteiger partial charge in [0.25, 0.3) is 0 Å². The smallest absolute Gasteiger partial charge is 0.407 e. The number of hydrogen-bond acceptors (Lipinski definition) is 4. The summed E-state index contributed by atoms with van der Waals surface area (Å²) < 4.78 is 5.62. The topological polar surface area (TPSA) is 95.9 Å². The molecule has 2 atom stereocenters. The zero-order chi connectivity index (χ0) is 24.8. The van der Waals surface area contributed by atoms with Gasteiger partial charge in [-0.2, -0.15) is 0 Å². The highest BCUT2D eigenvalue weighted by atomic mass is 16.5. The van der Waals surface area contributed by atoms with Crippen LogP contribution in [0.15, 0.2) is 48.5 Å². The quantitative estimate of drug-likeness (QED) is 0.532. The lowest BCUT2D eigenvalue weighted by atomic mass is 9.96. The molecular formula is C28H34N2O5. The van der Waals surface area contributed by atoms with Crippen LogP contribution in [0.5, 0.6) is 0 Å². The molecule has 7 heteroatoms. The molecule has 2 N–H and O–H groups in total. The lowest BCUT2D eigenvalue weighted by molar-refractivity contribution is -0.139. The second-order valence-electron chi connectivity index (χ2n) is 9.42. The Hall–Kier alpha value is -3.35. The molecule has 1 heterocycles. The predicted molar refractivity (Wildman–Crippen MR) is 133 cm³/mol. The molecule has 4 rings (SSSR count). The summed E-state index contributed by atoms with van der Waals surface area (Å²) in [5.41, 5.74) is 4.49. The van der Waals surface area contributed by atoms with Gasteiger partial charge in [0.05, 0.1) is 0 Å². The molecule has 1 saturated heterocycles. The SMILES string of the molecule is CCCC1CCCCN1C(=O)C(CCC(=O)O)NC(=O)OCC1c2ccccc2-c2ccccc21. The predicted octanol–water partition coefficient (Wildman–Crippen LogP) is 4.94. The molecule has 2 amide bonds. The van der Waals surface area contributed by atoms with Crippen molar-refractivity contribution in [2.45, 2.75) is 69.9 Å². The van der Waals surface area contributed by atoms with Crippen molar-refractivity contribution in [3.8, 4) is 11.1 Å². The van der Waals surface area contributed by atoms with E-state index in [2.05, 4.69) is 24.4 Å². The van der Waals surface area contributed by atoms with Gasteiger partial charge in [-0.15, -0.1) is 0 Å². The molecule has 1 aliphatic heterocycles. The highest BCUT2D eigenvalue weighted by Gasteiger charge is 2.33. The molecule has 2 aliphatic rings. The number of carbonyl (C=O) groups excluding carboxylic acids is 2. The van der Waals surface area contributed by atoms with E-state index >= 15 is 0 Å². The fraction of sp³-hybridized carbons (Fsp3) is 0.464. The lowest BCUT2D eigenvalue weighted by Gasteiger charge is -2.38. The van der Waals surface area contributed by atoms with Gasteiger partial charge in [-0.1, -0.05) is 61.9 Å². The number of nitrogens with one attached hydrogen (secondary N) is 1. The molecule has 1 fully saturated rings. The zero-order valence-corrected chi connectivity index (χ0v) is 20.2. The minimum atomic E-state index is -0.999. The molecule has 0 bridgehead atoms. The Balaban J connectivity index is 1.44. The third-order valence-corrected chi connectivity index (χ3v) is 7.11. The van der Waals surface area contributed by atoms with E-state index in [0.29, 0.717) is 6.54 Å². The maximum absolute atomic E-state index is 13.4. The maximum atomic E-state index is 13.4. The normalized spacial score (nSPS) is 17.9. The molecule has 2 unspecified atom stereocenters. The molecule has 186 valence electrons. The number of amides is 2. The minimum Gasteiger partial charge on any atom is -0.481 e. The second kappa shape index (κ2) is 11.4. The highest BCUT2D eigenvalue weighted by Crippen LogP contribution is 2.44. The Morgan fingerprint density at radius 2 is 1.71 bits per heavy atom. The number of ether oxygens (including phenoxy) is 1. The molecule has 2 aromatic rings. The molecule has 0 saturated carbocycles. The fourth-order valence-electron chi connectivity index (χ4n) is 5.43. The minimum absolute atomic E-state index is 0.0354. The highest BCUT2D eigenvalue weighted by molar-refractivity contribution is 5.86.